The second-order valence-electron chi connectivity index (χ2n) is 5.07. The number of aromatic nitrogens is 3. The molecule has 1 saturated heterocycles. The fraction of sp³-hybridized carbons (Fsp3) is 0.400. The Bertz CT molecular complexity index is 561. The number of piperidine rings is 1. The molecule has 2 aromatic heterocycles. The third kappa shape index (κ3) is 3.07. The first-order chi connectivity index (χ1) is 9.83. The van der Waals surface area contributed by atoms with Crippen molar-refractivity contribution in [2.45, 2.75) is 31.7 Å². The number of halogens is 1. The van der Waals surface area contributed by atoms with Crippen LogP contribution in [0.1, 0.15) is 25.0 Å². The number of nitrogens with zero attached hydrogens (tertiary/aromatic N) is 4. The van der Waals surface area contributed by atoms with E-state index in [9.17, 15) is 0 Å². The second-order valence-corrected chi connectivity index (χ2v) is 5.45. The van der Waals surface area contributed by atoms with Gasteiger partial charge in [0.2, 0.25) is 0 Å². The van der Waals surface area contributed by atoms with Crippen LogP contribution in [0.4, 0.5) is 5.82 Å². The lowest BCUT2D eigenvalue weighted by Gasteiger charge is -2.36. The first-order valence-electron chi connectivity index (χ1n) is 6.97. The van der Waals surface area contributed by atoms with Crippen LogP contribution in [0.2, 0.25) is 5.15 Å². The maximum absolute atomic E-state index is 5.98. The molecule has 1 fully saturated rings. The number of anilines is 1. The van der Waals surface area contributed by atoms with Gasteiger partial charge in [-0.05, 0) is 31.4 Å². The predicted molar refractivity (Wildman–Crippen MR) is 80.0 cm³/mol. The largest absolute Gasteiger partial charge is 0.353 e. The Morgan fingerprint density at radius 2 is 2.15 bits per heavy atom. The molecule has 0 unspecified atom stereocenters. The van der Waals surface area contributed by atoms with Crippen LogP contribution in [0.5, 0.6) is 0 Å². The van der Waals surface area contributed by atoms with E-state index in [0.717, 1.165) is 30.9 Å². The Morgan fingerprint density at radius 3 is 2.95 bits per heavy atom. The van der Waals surface area contributed by atoms with Gasteiger partial charge in [-0.15, -0.1) is 0 Å². The van der Waals surface area contributed by atoms with Crippen molar-refractivity contribution >= 4 is 17.4 Å². The van der Waals surface area contributed by atoms with Crippen molar-refractivity contribution in [1.82, 2.24) is 15.0 Å². The van der Waals surface area contributed by atoms with Gasteiger partial charge in [0.05, 0.1) is 0 Å². The lowest BCUT2D eigenvalue weighted by molar-refractivity contribution is 0.451. The van der Waals surface area contributed by atoms with Gasteiger partial charge >= 0.3 is 0 Å². The lowest BCUT2D eigenvalue weighted by atomic mass is 9.97. The normalized spacial score (nSPS) is 19.1. The fourth-order valence-corrected chi connectivity index (χ4v) is 2.90. The quantitative estimate of drug-likeness (QED) is 0.814. The van der Waals surface area contributed by atoms with Crippen LogP contribution in [-0.2, 0) is 6.42 Å². The minimum atomic E-state index is 0.435. The molecule has 0 bridgehead atoms. The summed E-state index contributed by atoms with van der Waals surface area (Å²) in [6, 6.07) is 8.35. The fourth-order valence-electron chi connectivity index (χ4n) is 2.76. The van der Waals surface area contributed by atoms with E-state index < -0.39 is 0 Å². The number of pyridine rings is 1. The van der Waals surface area contributed by atoms with Crippen LogP contribution in [0, 0.1) is 0 Å². The van der Waals surface area contributed by atoms with E-state index in [2.05, 4.69) is 25.9 Å². The molecule has 20 heavy (non-hydrogen) atoms. The summed E-state index contributed by atoms with van der Waals surface area (Å²) >= 11 is 5.98. The molecule has 0 amide bonds. The minimum absolute atomic E-state index is 0.435. The second kappa shape index (κ2) is 6.18. The molecule has 4 nitrogen and oxygen atoms in total. The summed E-state index contributed by atoms with van der Waals surface area (Å²) < 4.78 is 0. The molecule has 1 atom stereocenters. The average Bonchev–Trinajstić information content (AvgIpc) is 2.49. The van der Waals surface area contributed by atoms with Gasteiger partial charge in [0.25, 0.3) is 0 Å². The van der Waals surface area contributed by atoms with Crippen molar-refractivity contribution in [1.29, 1.82) is 0 Å². The van der Waals surface area contributed by atoms with Crippen molar-refractivity contribution in [3.8, 4) is 0 Å². The van der Waals surface area contributed by atoms with E-state index in [1.54, 1.807) is 0 Å². The summed E-state index contributed by atoms with van der Waals surface area (Å²) in [5.41, 5.74) is 1.13. The van der Waals surface area contributed by atoms with Gasteiger partial charge < -0.3 is 4.90 Å². The van der Waals surface area contributed by atoms with Crippen LogP contribution >= 0.6 is 11.6 Å². The van der Waals surface area contributed by atoms with Gasteiger partial charge in [-0.3, -0.25) is 4.98 Å². The average molecular weight is 289 g/mol. The van der Waals surface area contributed by atoms with Gasteiger partial charge in [0.15, 0.2) is 0 Å². The molecule has 1 aliphatic rings. The third-order valence-corrected chi connectivity index (χ3v) is 3.92. The first-order valence-corrected chi connectivity index (χ1v) is 7.35. The Kier molecular flexibility index (Phi) is 4.11. The van der Waals surface area contributed by atoms with E-state index >= 15 is 0 Å². The summed E-state index contributed by atoms with van der Waals surface area (Å²) in [5.74, 6) is 0.922. The van der Waals surface area contributed by atoms with Gasteiger partial charge in [-0.1, -0.05) is 17.7 Å². The molecule has 0 aromatic carbocycles. The van der Waals surface area contributed by atoms with Gasteiger partial charge in [0.1, 0.15) is 17.3 Å². The highest BCUT2D eigenvalue weighted by Gasteiger charge is 2.24. The van der Waals surface area contributed by atoms with Crippen molar-refractivity contribution < 1.29 is 0 Å². The standard InChI is InChI=1S/C15H17ClN4/c16-14-10-15(19-11-18-14)20-8-4-2-6-13(20)9-12-5-1-3-7-17-12/h1,3,5,7,10-11,13H,2,4,6,8-9H2/t13-/m0/s1. The molecule has 0 spiro atoms. The molecule has 3 rings (SSSR count). The first kappa shape index (κ1) is 13.3. The van der Waals surface area contributed by atoms with Gasteiger partial charge in [-0.25, -0.2) is 9.97 Å². The van der Waals surface area contributed by atoms with Crippen molar-refractivity contribution in [3.63, 3.8) is 0 Å². The van der Waals surface area contributed by atoms with Crippen LogP contribution < -0.4 is 4.90 Å². The highest BCUT2D eigenvalue weighted by Crippen LogP contribution is 2.26. The number of hydrogen-bond acceptors (Lipinski definition) is 4. The van der Waals surface area contributed by atoms with Crippen molar-refractivity contribution in [2.24, 2.45) is 0 Å². The van der Waals surface area contributed by atoms with Crippen LogP contribution in [0.3, 0.4) is 0 Å². The summed E-state index contributed by atoms with van der Waals surface area (Å²) in [4.78, 5) is 15.1. The Hall–Kier alpha value is -1.68. The van der Waals surface area contributed by atoms with Gasteiger partial charge in [-0.2, -0.15) is 0 Å². The van der Waals surface area contributed by atoms with Crippen LogP contribution in [0.25, 0.3) is 0 Å². The lowest BCUT2D eigenvalue weighted by Crippen LogP contribution is -2.41. The molecule has 0 N–H and O–H groups in total. The smallest absolute Gasteiger partial charge is 0.134 e. The van der Waals surface area contributed by atoms with Crippen LogP contribution in [-0.4, -0.2) is 27.5 Å². The Labute approximate surface area is 123 Å². The van der Waals surface area contributed by atoms with E-state index in [4.69, 9.17) is 11.6 Å². The highest BCUT2D eigenvalue weighted by molar-refractivity contribution is 6.29. The molecule has 2 aromatic rings. The molecular formula is C15H17ClN4. The maximum Gasteiger partial charge on any atom is 0.134 e. The zero-order chi connectivity index (χ0) is 13.8. The SMILES string of the molecule is Clc1cc(N2CCCC[C@H]2Cc2ccccn2)ncn1. The monoisotopic (exact) mass is 288 g/mol. The van der Waals surface area contributed by atoms with Gasteiger partial charge in [0, 0.05) is 37.0 Å². The summed E-state index contributed by atoms with van der Waals surface area (Å²) in [7, 11) is 0. The molecule has 0 aliphatic carbocycles. The topological polar surface area (TPSA) is 41.9 Å². The molecule has 104 valence electrons. The van der Waals surface area contributed by atoms with E-state index in [-0.39, 0.29) is 0 Å². The summed E-state index contributed by atoms with van der Waals surface area (Å²) in [6.07, 6.45) is 7.95. The molecule has 3 heterocycles. The zero-order valence-corrected chi connectivity index (χ0v) is 12.0. The third-order valence-electron chi connectivity index (χ3n) is 3.71. The molecular weight excluding hydrogens is 272 g/mol. The molecule has 5 heteroatoms. The predicted octanol–water partition coefficient (Wildman–Crippen LogP) is 3.13. The maximum atomic E-state index is 5.98. The van der Waals surface area contributed by atoms with Crippen molar-refractivity contribution in [2.75, 3.05) is 11.4 Å². The Balaban J connectivity index is 1.80. The highest BCUT2D eigenvalue weighted by atomic mass is 35.5. The molecule has 0 radical (unpaired) electrons. The van der Waals surface area contributed by atoms with Crippen molar-refractivity contribution in [3.05, 3.63) is 47.6 Å². The van der Waals surface area contributed by atoms with Crippen LogP contribution in [0.15, 0.2) is 36.8 Å². The zero-order valence-electron chi connectivity index (χ0n) is 11.2. The summed E-state index contributed by atoms with van der Waals surface area (Å²) in [5, 5.41) is 0.497. The van der Waals surface area contributed by atoms with E-state index in [0.29, 0.717) is 11.2 Å². The van der Waals surface area contributed by atoms with E-state index in [1.165, 1.54) is 19.2 Å². The summed E-state index contributed by atoms with van der Waals surface area (Å²) in [6.45, 7) is 1.02. The molecule has 1 aliphatic heterocycles. The number of rotatable bonds is 3. The van der Waals surface area contributed by atoms with E-state index in [1.807, 2.05) is 24.4 Å². The number of hydrogen-bond donors (Lipinski definition) is 0. The molecule has 0 saturated carbocycles. The Morgan fingerprint density at radius 1 is 1.20 bits per heavy atom. The minimum Gasteiger partial charge on any atom is -0.353 e.